The average molecular weight is 196 g/mol. The van der Waals surface area contributed by atoms with E-state index in [-0.39, 0.29) is 11.9 Å². The molecule has 2 atom stereocenters. The smallest absolute Gasteiger partial charge is 0.322 e. The molecule has 2 aliphatic rings. The van der Waals surface area contributed by atoms with Gasteiger partial charge in [0.1, 0.15) is 5.54 Å². The minimum Gasteiger partial charge on any atom is -0.323 e. The molecule has 4 heteroatoms. The lowest BCUT2D eigenvalue weighted by atomic mass is 9.72. The lowest BCUT2D eigenvalue weighted by Gasteiger charge is -2.37. The number of hydrogen-bond donors (Lipinski definition) is 2. The molecule has 1 spiro atoms. The topological polar surface area (TPSA) is 58.2 Å². The summed E-state index contributed by atoms with van der Waals surface area (Å²) in [4.78, 5) is 22.8. The van der Waals surface area contributed by atoms with Gasteiger partial charge in [-0.1, -0.05) is 13.8 Å². The molecule has 14 heavy (non-hydrogen) atoms. The summed E-state index contributed by atoms with van der Waals surface area (Å²) in [7, 11) is 0. The van der Waals surface area contributed by atoms with Crippen LogP contribution in [0.3, 0.4) is 0 Å². The Morgan fingerprint density at radius 1 is 1.21 bits per heavy atom. The zero-order valence-electron chi connectivity index (χ0n) is 8.59. The van der Waals surface area contributed by atoms with Gasteiger partial charge in [0.25, 0.3) is 5.91 Å². The number of nitrogens with one attached hydrogen (secondary N) is 2. The zero-order valence-corrected chi connectivity index (χ0v) is 8.59. The van der Waals surface area contributed by atoms with Crippen molar-refractivity contribution in [2.45, 2.75) is 38.6 Å². The van der Waals surface area contributed by atoms with Crippen molar-refractivity contribution < 1.29 is 9.59 Å². The van der Waals surface area contributed by atoms with Crippen LogP contribution in [0.1, 0.15) is 33.1 Å². The van der Waals surface area contributed by atoms with E-state index in [0.717, 1.165) is 19.3 Å². The van der Waals surface area contributed by atoms with Gasteiger partial charge in [0.15, 0.2) is 0 Å². The third-order valence-corrected chi connectivity index (χ3v) is 3.21. The maximum Gasteiger partial charge on any atom is 0.322 e. The van der Waals surface area contributed by atoms with Crippen LogP contribution in [0.25, 0.3) is 0 Å². The molecule has 2 rings (SSSR count). The summed E-state index contributed by atoms with van der Waals surface area (Å²) in [6.45, 7) is 4.27. The molecule has 2 N–H and O–H groups in total. The van der Waals surface area contributed by atoms with E-state index < -0.39 is 5.54 Å². The Kier molecular flexibility index (Phi) is 2.01. The van der Waals surface area contributed by atoms with E-state index in [1.54, 1.807) is 0 Å². The minimum atomic E-state index is -0.603. The third-order valence-electron chi connectivity index (χ3n) is 3.21. The fourth-order valence-electron chi connectivity index (χ4n) is 2.94. The molecule has 2 unspecified atom stereocenters. The van der Waals surface area contributed by atoms with Crippen LogP contribution in [0, 0.1) is 11.8 Å². The number of urea groups is 1. The molecule has 1 aliphatic heterocycles. The fraction of sp³-hybridized carbons (Fsp3) is 0.800. The van der Waals surface area contributed by atoms with Crippen molar-refractivity contribution in [2.75, 3.05) is 0 Å². The van der Waals surface area contributed by atoms with Crippen molar-refractivity contribution >= 4 is 11.9 Å². The van der Waals surface area contributed by atoms with Gasteiger partial charge in [0.05, 0.1) is 0 Å². The van der Waals surface area contributed by atoms with Gasteiger partial charge in [-0.2, -0.15) is 0 Å². The molecule has 0 bridgehead atoms. The molecule has 1 saturated heterocycles. The molecule has 1 heterocycles. The number of hydrogen-bond acceptors (Lipinski definition) is 2. The Bertz CT molecular complexity index is 278. The molecule has 0 aromatic heterocycles. The van der Waals surface area contributed by atoms with Crippen LogP contribution in [-0.4, -0.2) is 17.5 Å². The third kappa shape index (κ3) is 1.38. The first-order valence-corrected chi connectivity index (χ1v) is 5.15. The van der Waals surface area contributed by atoms with E-state index in [9.17, 15) is 9.59 Å². The van der Waals surface area contributed by atoms with Crippen molar-refractivity contribution in [3.8, 4) is 0 Å². The van der Waals surface area contributed by atoms with Crippen LogP contribution < -0.4 is 10.6 Å². The summed E-state index contributed by atoms with van der Waals surface area (Å²) in [5.74, 6) is 0.867. The van der Waals surface area contributed by atoms with Crippen molar-refractivity contribution in [1.82, 2.24) is 10.6 Å². The second-order valence-electron chi connectivity index (χ2n) is 4.84. The summed E-state index contributed by atoms with van der Waals surface area (Å²) in [5.41, 5.74) is -0.603. The van der Waals surface area contributed by atoms with E-state index in [4.69, 9.17) is 0 Å². The molecular weight excluding hydrogens is 180 g/mol. The second-order valence-corrected chi connectivity index (χ2v) is 4.84. The van der Waals surface area contributed by atoms with E-state index in [0.29, 0.717) is 11.8 Å². The molecule has 0 aromatic rings. The monoisotopic (exact) mass is 196 g/mol. The Balaban J connectivity index is 2.22. The van der Waals surface area contributed by atoms with Gasteiger partial charge in [-0.25, -0.2) is 4.79 Å². The van der Waals surface area contributed by atoms with Crippen LogP contribution in [-0.2, 0) is 4.79 Å². The quantitative estimate of drug-likeness (QED) is 0.568. The Hall–Kier alpha value is -1.06. The predicted octanol–water partition coefficient (Wildman–Crippen LogP) is 1.02. The largest absolute Gasteiger partial charge is 0.323 e. The maximum atomic E-state index is 11.7. The molecule has 1 aliphatic carbocycles. The summed E-state index contributed by atoms with van der Waals surface area (Å²) in [6, 6.07) is -0.337. The molecule has 1 saturated carbocycles. The summed E-state index contributed by atoms with van der Waals surface area (Å²) in [6.07, 6.45) is 2.69. The normalized spacial score (nSPS) is 42.4. The lowest BCUT2D eigenvalue weighted by molar-refractivity contribution is -0.126. The molecule has 2 fully saturated rings. The number of imide groups is 1. The Labute approximate surface area is 83.4 Å². The highest BCUT2D eigenvalue weighted by Crippen LogP contribution is 2.37. The summed E-state index contributed by atoms with van der Waals surface area (Å²) < 4.78 is 0. The van der Waals surface area contributed by atoms with E-state index >= 15 is 0 Å². The zero-order chi connectivity index (χ0) is 10.3. The molecule has 4 nitrogen and oxygen atoms in total. The molecule has 0 aromatic carbocycles. The van der Waals surface area contributed by atoms with Gasteiger partial charge in [-0.05, 0) is 31.1 Å². The first kappa shape index (κ1) is 9.49. The second kappa shape index (κ2) is 2.97. The van der Waals surface area contributed by atoms with Crippen molar-refractivity contribution in [1.29, 1.82) is 0 Å². The van der Waals surface area contributed by atoms with Gasteiger partial charge in [0, 0.05) is 0 Å². The van der Waals surface area contributed by atoms with Crippen molar-refractivity contribution in [3.05, 3.63) is 0 Å². The highest BCUT2D eigenvalue weighted by Gasteiger charge is 2.49. The number of carbonyl (C=O) groups is 2. The summed E-state index contributed by atoms with van der Waals surface area (Å²) in [5, 5.41) is 5.11. The number of amides is 3. The van der Waals surface area contributed by atoms with Crippen LogP contribution in [0.2, 0.25) is 0 Å². The van der Waals surface area contributed by atoms with Gasteiger partial charge >= 0.3 is 6.03 Å². The standard InChI is InChI=1S/C10H16N2O2/c1-6-3-7(2)5-10(4-6)8(13)11-9(14)12-10/h6-7H,3-5H2,1-2H3,(H2,11,12,13,14). The molecule has 78 valence electrons. The fourth-order valence-corrected chi connectivity index (χ4v) is 2.94. The highest BCUT2D eigenvalue weighted by molar-refractivity contribution is 6.07. The van der Waals surface area contributed by atoms with E-state index in [1.165, 1.54) is 0 Å². The Morgan fingerprint density at radius 2 is 1.79 bits per heavy atom. The van der Waals surface area contributed by atoms with Crippen LogP contribution in [0.15, 0.2) is 0 Å². The van der Waals surface area contributed by atoms with Crippen LogP contribution >= 0.6 is 0 Å². The number of carbonyl (C=O) groups excluding carboxylic acids is 2. The van der Waals surface area contributed by atoms with Gasteiger partial charge in [0.2, 0.25) is 0 Å². The number of rotatable bonds is 0. The van der Waals surface area contributed by atoms with Crippen molar-refractivity contribution in [2.24, 2.45) is 11.8 Å². The molecule has 0 radical (unpaired) electrons. The lowest BCUT2D eigenvalue weighted by Crippen LogP contribution is -2.51. The highest BCUT2D eigenvalue weighted by atomic mass is 16.2. The first-order valence-electron chi connectivity index (χ1n) is 5.15. The maximum absolute atomic E-state index is 11.7. The van der Waals surface area contributed by atoms with Gasteiger partial charge < -0.3 is 5.32 Å². The van der Waals surface area contributed by atoms with Gasteiger partial charge in [-0.15, -0.1) is 0 Å². The first-order chi connectivity index (χ1) is 6.52. The molecular formula is C10H16N2O2. The van der Waals surface area contributed by atoms with E-state index in [2.05, 4.69) is 24.5 Å². The predicted molar refractivity (Wildman–Crippen MR) is 51.6 cm³/mol. The van der Waals surface area contributed by atoms with Crippen LogP contribution in [0.4, 0.5) is 4.79 Å². The summed E-state index contributed by atoms with van der Waals surface area (Å²) >= 11 is 0. The van der Waals surface area contributed by atoms with E-state index in [1.807, 2.05) is 0 Å². The minimum absolute atomic E-state index is 0.138. The van der Waals surface area contributed by atoms with Crippen molar-refractivity contribution in [3.63, 3.8) is 0 Å². The Morgan fingerprint density at radius 3 is 2.21 bits per heavy atom. The molecule has 3 amide bonds. The SMILES string of the molecule is CC1CC(C)CC2(C1)NC(=O)NC2=O. The van der Waals surface area contributed by atoms with Gasteiger partial charge in [-0.3, -0.25) is 10.1 Å². The average Bonchev–Trinajstić information content (AvgIpc) is 2.23. The van der Waals surface area contributed by atoms with Crippen LogP contribution in [0.5, 0.6) is 0 Å².